The largest absolute Gasteiger partial charge is 0.356 e. The maximum absolute atomic E-state index is 12.3. The van der Waals surface area contributed by atoms with Crippen molar-refractivity contribution in [2.45, 2.75) is 52.9 Å². The number of aryl methyl sites for hydroxylation is 1. The molecule has 132 valence electrons. The van der Waals surface area contributed by atoms with Crippen molar-refractivity contribution in [1.29, 1.82) is 0 Å². The summed E-state index contributed by atoms with van der Waals surface area (Å²) in [6, 6.07) is 2.01. The smallest absolute Gasteiger partial charge is 0.222 e. The van der Waals surface area contributed by atoms with Crippen LogP contribution in [0.2, 0.25) is 0 Å². The van der Waals surface area contributed by atoms with Gasteiger partial charge in [0.15, 0.2) is 0 Å². The summed E-state index contributed by atoms with van der Waals surface area (Å²) in [5.74, 6) is 2.84. The van der Waals surface area contributed by atoms with Gasteiger partial charge in [0.1, 0.15) is 11.6 Å². The number of rotatable bonds is 4. The number of piperidine rings is 2. The molecular weight excluding hydrogens is 300 g/mol. The van der Waals surface area contributed by atoms with Crippen molar-refractivity contribution >= 4 is 11.7 Å². The van der Waals surface area contributed by atoms with Crippen LogP contribution in [0, 0.1) is 18.3 Å². The zero-order chi connectivity index (χ0) is 17.2. The predicted molar refractivity (Wildman–Crippen MR) is 95.9 cm³/mol. The second kappa shape index (κ2) is 7.08. The topological polar surface area (TPSA) is 49.3 Å². The van der Waals surface area contributed by atoms with Gasteiger partial charge in [0.2, 0.25) is 5.91 Å². The molecule has 2 aliphatic heterocycles. The zero-order valence-corrected chi connectivity index (χ0v) is 15.3. The SMILES string of the molecule is Cc1nccc(N2CCC[C@@]3(CCC(=O)N(CCC(C)C)C3)C2)n1. The van der Waals surface area contributed by atoms with Crippen molar-refractivity contribution < 1.29 is 4.79 Å². The third-order valence-electron chi connectivity index (χ3n) is 5.47. The summed E-state index contributed by atoms with van der Waals surface area (Å²) in [4.78, 5) is 25.7. The molecule has 24 heavy (non-hydrogen) atoms. The molecule has 0 aliphatic carbocycles. The molecule has 1 aromatic heterocycles. The number of carbonyl (C=O) groups is 1. The van der Waals surface area contributed by atoms with Gasteiger partial charge >= 0.3 is 0 Å². The van der Waals surface area contributed by atoms with Crippen LogP contribution < -0.4 is 4.90 Å². The molecule has 0 N–H and O–H groups in total. The fourth-order valence-electron chi connectivity index (χ4n) is 4.08. The Bertz CT molecular complexity index is 588. The molecule has 1 spiro atoms. The second-order valence-corrected chi connectivity index (χ2v) is 7.98. The molecule has 3 rings (SSSR count). The molecule has 5 heteroatoms. The van der Waals surface area contributed by atoms with Crippen LogP contribution in [0.3, 0.4) is 0 Å². The Labute approximate surface area is 145 Å². The van der Waals surface area contributed by atoms with Crippen LogP contribution in [-0.2, 0) is 4.79 Å². The Balaban J connectivity index is 1.71. The monoisotopic (exact) mass is 330 g/mol. The van der Waals surface area contributed by atoms with Crippen LogP contribution in [0.1, 0.15) is 51.8 Å². The fourth-order valence-corrected chi connectivity index (χ4v) is 4.08. The summed E-state index contributed by atoms with van der Waals surface area (Å²) in [6.07, 6.45) is 7.06. The molecule has 1 aromatic rings. The molecule has 0 bridgehead atoms. The van der Waals surface area contributed by atoms with Crippen LogP contribution in [0.5, 0.6) is 0 Å². The molecule has 3 heterocycles. The lowest BCUT2D eigenvalue weighted by molar-refractivity contribution is -0.138. The summed E-state index contributed by atoms with van der Waals surface area (Å²) in [6.45, 7) is 10.3. The molecule has 0 unspecified atom stereocenters. The van der Waals surface area contributed by atoms with E-state index in [1.54, 1.807) is 0 Å². The third kappa shape index (κ3) is 3.87. The minimum atomic E-state index is 0.238. The summed E-state index contributed by atoms with van der Waals surface area (Å²) >= 11 is 0. The second-order valence-electron chi connectivity index (χ2n) is 7.98. The van der Waals surface area contributed by atoms with E-state index < -0.39 is 0 Å². The average molecular weight is 330 g/mol. The van der Waals surface area contributed by atoms with Crippen LogP contribution in [0.4, 0.5) is 5.82 Å². The highest BCUT2D eigenvalue weighted by Crippen LogP contribution is 2.40. The van der Waals surface area contributed by atoms with Gasteiger partial charge in [-0.2, -0.15) is 0 Å². The third-order valence-corrected chi connectivity index (χ3v) is 5.47. The van der Waals surface area contributed by atoms with Crippen LogP contribution in [0.15, 0.2) is 12.3 Å². The van der Waals surface area contributed by atoms with Crippen LogP contribution >= 0.6 is 0 Å². The first-order valence-corrected chi connectivity index (χ1v) is 9.30. The van der Waals surface area contributed by atoms with Gasteiger partial charge < -0.3 is 9.80 Å². The van der Waals surface area contributed by atoms with Crippen LogP contribution in [0.25, 0.3) is 0 Å². The van der Waals surface area contributed by atoms with Gasteiger partial charge in [-0.1, -0.05) is 13.8 Å². The van der Waals surface area contributed by atoms with E-state index in [2.05, 4.69) is 33.6 Å². The minimum Gasteiger partial charge on any atom is -0.356 e. The number of anilines is 1. The maximum Gasteiger partial charge on any atom is 0.222 e. The van der Waals surface area contributed by atoms with Gasteiger partial charge in [-0.25, -0.2) is 9.97 Å². The summed E-state index contributed by atoms with van der Waals surface area (Å²) < 4.78 is 0. The number of aromatic nitrogens is 2. The van der Waals surface area contributed by atoms with E-state index in [0.29, 0.717) is 18.2 Å². The lowest BCUT2D eigenvalue weighted by Crippen LogP contribution is -2.54. The van der Waals surface area contributed by atoms with E-state index in [1.807, 2.05) is 19.2 Å². The highest BCUT2D eigenvalue weighted by atomic mass is 16.2. The Hall–Kier alpha value is -1.65. The summed E-state index contributed by atoms with van der Waals surface area (Å²) in [7, 11) is 0. The van der Waals surface area contributed by atoms with Crippen molar-refractivity contribution in [3.63, 3.8) is 0 Å². The van der Waals surface area contributed by atoms with Crippen LogP contribution in [-0.4, -0.2) is 47.0 Å². The van der Waals surface area contributed by atoms with E-state index in [-0.39, 0.29) is 5.41 Å². The van der Waals surface area contributed by atoms with Gasteiger partial charge in [0.25, 0.3) is 0 Å². The Morgan fingerprint density at radius 2 is 2.12 bits per heavy atom. The fraction of sp³-hybridized carbons (Fsp3) is 0.737. The highest BCUT2D eigenvalue weighted by Gasteiger charge is 2.41. The molecule has 2 aliphatic rings. The number of carbonyl (C=O) groups excluding carboxylic acids is 1. The first-order chi connectivity index (χ1) is 11.5. The standard InChI is InChI=1S/C19H30N4O/c1-15(2)7-12-23-14-19(9-5-18(23)24)8-4-11-22(13-19)17-6-10-20-16(3)21-17/h6,10,15H,4-5,7-9,11-14H2,1-3H3/t19-/m1/s1. The van der Waals surface area contributed by atoms with Crippen molar-refractivity contribution in [2.24, 2.45) is 11.3 Å². The highest BCUT2D eigenvalue weighted by molar-refractivity contribution is 5.77. The van der Waals surface area contributed by atoms with E-state index in [9.17, 15) is 4.79 Å². The number of hydrogen-bond donors (Lipinski definition) is 0. The predicted octanol–water partition coefficient (Wildman–Crippen LogP) is 3.04. The number of amides is 1. The minimum absolute atomic E-state index is 0.238. The van der Waals surface area contributed by atoms with Crippen molar-refractivity contribution in [2.75, 3.05) is 31.1 Å². The molecule has 2 saturated heterocycles. The molecule has 5 nitrogen and oxygen atoms in total. The maximum atomic E-state index is 12.3. The molecular formula is C19H30N4O. The first-order valence-electron chi connectivity index (χ1n) is 9.30. The van der Waals surface area contributed by atoms with E-state index in [0.717, 1.165) is 50.7 Å². The van der Waals surface area contributed by atoms with Crippen molar-refractivity contribution in [3.05, 3.63) is 18.1 Å². The van der Waals surface area contributed by atoms with Gasteiger partial charge in [-0.05, 0) is 44.6 Å². The quantitative estimate of drug-likeness (QED) is 0.851. The molecule has 1 amide bonds. The number of hydrogen-bond acceptors (Lipinski definition) is 4. The van der Waals surface area contributed by atoms with E-state index >= 15 is 0 Å². The van der Waals surface area contributed by atoms with Crippen molar-refractivity contribution in [1.82, 2.24) is 14.9 Å². The van der Waals surface area contributed by atoms with Gasteiger partial charge in [0, 0.05) is 44.2 Å². The summed E-state index contributed by atoms with van der Waals surface area (Å²) in [5, 5.41) is 0. The Morgan fingerprint density at radius 1 is 1.29 bits per heavy atom. The lowest BCUT2D eigenvalue weighted by atomic mass is 9.73. The van der Waals surface area contributed by atoms with Crippen molar-refractivity contribution in [3.8, 4) is 0 Å². The molecule has 0 radical (unpaired) electrons. The van der Waals surface area contributed by atoms with E-state index in [4.69, 9.17) is 0 Å². The normalized spacial score (nSPS) is 24.9. The number of nitrogens with zero attached hydrogens (tertiary/aromatic N) is 4. The average Bonchev–Trinajstić information content (AvgIpc) is 2.56. The number of likely N-dealkylation sites (tertiary alicyclic amines) is 1. The first kappa shape index (κ1) is 17.2. The van der Waals surface area contributed by atoms with Gasteiger partial charge in [-0.3, -0.25) is 4.79 Å². The molecule has 0 saturated carbocycles. The Morgan fingerprint density at radius 3 is 2.88 bits per heavy atom. The molecule has 1 atom stereocenters. The van der Waals surface area contributed by atoms with Gasteiger partial charge in [-0.15, -0.1) is 0 Å². The summed E-state index contributed by atoms with van der Waals surface area (Å²) in [5.41, 5.74) is 0.238. The van der Waals surface area contributed by atoms with E-state index in [1.165, 1.54) is 12.8 Å². The molecule has 2 fully saturated rings. The lowest BCUT2D eigenvalue weighted by Gasteiger charge is -2.48. The van der Waals surface area contributed by atoms with Gasteiger partial charge in [0.05, 0.1) is 0 Å². The zero-order valence-electron chi connectivity index (χ0n) is 15.3. The Kier molecular flexibility index (Phi) is 5.07. The molecule has 0 aromatic carbocycles.